The zero-order chi connectivity index (χ0) is 21.0. The monoisotopic (exact) mass is 416 g/mol. The molecule has 160 valence electrons. The SMILES string of the molecule is O=C(C1CCCO1)N1C[C@@H]2CCN(c3cnccn3)C[C@@H]2C1.O=C(O)C(F)(F)F. The van der Waals surface area contributed by atoms with Gasteiger partial charge in [0, 0.05) is 45.2 Å². The number of piperidine rings is 1. The second kappa shape index (κ2) is 8.93. The number of aliphatic carboxylic acids is 1. The van der Waals surface area contributed by atoms with Crippen molar-refractivity contribution in [2.45, 2.75) is 31.5 Å². The van der Waals surface area contributed by atoms with Crippen LogP contribution in [0.2, 0.25) is 0 Å². The van der Waals surface area contributed by atoms with Gasteiger partial charge in [0.05, 0.1) is 6.20 Å². The summed E-state index contributed by atoms with van der Waals surface area (Å²) in [7, 11) is 0. The van der Waals surface area contributed by atoms with E-state index in [1.165, 1.54) is 0 Å². The molecule has 0 aromatic carbocycles. The molecule has 11 heteroatoms. The van der Waals surface area contributed by atoms with Crippen LogP contribution in [0.1, 0.15) is 19.3 Å². The first-order valence-electron chi connectivity index (χ1n) is 9.47. The molecule has 0 spiro atoms. The second-order valence-corrected chi connectivity index (χ2v) is 7.37. The fourth-order valence-corrected chi connectivity index (χ4v) is 3.99. The van der Waals surface area contributed by atoms with Crippen LogP contribution in [0.15, 0.2) is 18.6 Å². The predicted octanol–water partition coefficient (Wildman–Crippen LogP) is 1.57. The molecule has 1 aromatic rings. The number of likely N-dealkylation sites (tertiary alicyclic amines) is 1. The van der Waals surface area contributed by atoms with E-state index in [2.05, 4.69) is 14.9 Å². The largest absolute Gasteiger partial charge is 0.490 e. The lowest BCUT2D eigenvalue weighted by Crippen LogP contribution is -2.40. The van der Waals surface area contributed by atoms with E-state index in [0.717, 1.165) is 57.9 Å². The molecule has 1 N–H and O–H groups in total. The van der Waals surface area contributed by atoms with E-state index < -0.39 is 12.1 Å². The maximum Gasteiger partial charge on any atom is 0.490 e. The van der Waals surface area contributed by atoms with Crippen molar-refractivity contribution in [3.05, 3.63) is 18.6 Å². The lowest BCUT2D eigenvalue weighted by Gasteiger charge is -2.34. The van der Waals surface area contributed by atoms with Crippen LogP contribution in [0.4, 0.5) is 19.0 Å². The summed E-state index contributed by atoms with van der Waals surface area (Å²) in [5.41, 5.74) is 0. The molecule has 3 aliphatic rings. The Hall–Kier alpha value is -2.43. The van der Waals surface area contributed by atoms with Crippen molar-refractivity contribution in [1.82, 2.24) is 14.9 Å². The first-order chi connectivity index (χ1) is 13.8. The molecule has 3 saturated heterocycles. The summed E-state index contributed by atoms with van der Waals surface area (Å²) in [4.78, 5) is 34.3. The van der Waals surface area contributed by atoms with Crippen molar-refractivity contribution in [3.8, 4) is 0 Å². The van der Waals surface area contributed by atoms with Gasteiger partial charge in [0.1, 0.15) is 11.9 Å². The number of anilines is 1. The number of carbonyl (C=O) groups excluding carboxylic acids is 1. The summed E-state index contributed by atoms with van der Waals surface area (Å²) in [6.07, 6.45) is 3.02. The number of carboxylic acids is 1. The van der Waals surface area contributed by atoms with Crippen molar-refractivity contribution in [2.75, 3.05) is 37.7 Å². The minimum absolute atomic E-state index is 0.184. The second-order valence-electron chi connectivity index (χ2n) is 7.37. The van der Waals surface area contributed by atoms with E-state index in [0.29, 0.717) is 11.8 Å². The smallest absolute Gasteiger partial charge is 0.475 e. The summed E-state index contributed by atoms with van der Waals surface area (Å²) in [6.45, 7) is 4.47. The molecule has 1 amide bonds. The van der Waals surface area contributed by atoms with Crippen LogP contribution >= 0.6 is 0 Å². The number of aromatic nitrogens is 2. The predicted molar refractivity (Wildman–Crippen MR) is 95.1 cm³/mol. The van der Waals surface area contributed by atoms with Crippen molar-refractivity contribution in [1.29, 1.82) is 0 Å². The van der Waals surface area contributed by atoms with Gasteiger partial charge in [0.15, 0.2) is 0 Å². The maximum absolute atomic E-state index is 12.5. The Labute approximate surface area is 165 Å². The molecule has 4 heterocycles. The Morgan fingerprint density at radius 3 is 2.45 bits per heavy atom. The van der Waals surface area contributed by atoms with Gasteiger partial charge in [-0.25, -0.2) is 9.78 Å². The van der Waals surface area contributed by atoms with Gasteiger partial charge in [-0.05, 0) is 31.1 Å². The van der Waals surface area contributed by atoms with Crippen molar-refractivity contribution >= 4 is 17.7 Å². The van der Waals surface area contributed by atoms with Gasteiger partial charge < -0.3 is 19.6 Å². The number of carbonyl (C=O) groups is 2. The van der Waals surface area contributed by atoms with Crippen molar-refractivity contribution in [3.63, 3.8) is 0 Å². The Kier molecular flexibility index (Phi) is 6.56. The highest BCUT2D eigenvalue weighted by molar-refractivity contribution is 5.81. The fourth-order valence-electron chi connectivity index (χ4n) is 3.99. The topological polar surface area (TPSA) is 95.9 Å². The molecule has 0 saturated carbocycles. The number of alkyl halides is 3. The Bertz CT molecular complexity index is 713. The molecule has 3 aliphatic heterocycles. The minimum atomic E-state index is -5.08. The van der Waals surface area contributed by atoms with Crippen LogP contribution in [-0.2, 0) is 14.3 Å². The number of halogens is 3. The van der Waals surface area contributed by atoms with Crippen LogP contribution in [-0.4, -0.2) is 76.9 Å². The average Bonchev–Trinajstić information content (AvgIpc) is 3.37. The Morgan fingerprint density at radius 2 is 1.86 bits per heavy atom. The molecule has 3 fully saturated rings. The molecule has 1 unspecified atom stereocenters. The van der Waals surface area contributed by atoms with Gasteiger partial charge in [-0.1, -0.05) is 0 Å². The first-order valence-corrected chi connectivity index (χ1v) is 9.47. The molecule has 0 aliphatic carbocycles. The summed E-state index contributed by atoms with van der Waals surface area (Å²) in [5.74, 6) is -0.435. The molecule has 29 heavy (non-hydrogen) atoms. The van der Waals surface area contributed by atoms with Gasteiger partial charge in [0.2, 0.25) is 0 Å². The zero-order valence-corrected chi connectivity index (χ0v) is 15.7. The number of nitrogens with zero attached hydrogens (tertiary/aromatic N) is 4. The number of hydrogen-bond donors (Lipinski definition) is 1. The lowest BCUT2D eigenvalue weighted by molar-refractivity contribution is -0.192. The van der Waals surface area contributed by atoms with E-state index >= 15 is 0 Å². The van der Waals surface area contributed by atoms with Crippen LogP contribution in [0.25, 0.3) is 0 Å². The van der Waals surface area contributed by atoms with E-state index in [1.807, 2.05) is 11.1 Å². The molecular formula is C18H23F3N4O4. The standard InChI is InChI=1S/C16H22N4O2.C2HF3O2/c21-16(14-2-1-7-22-14)20-9-12-3-6-19(10-13(12)11-20)15-8-17-4-5-18-15;3-2(4,5)1(6)7/h4-5,8,12-14H,1-3,6-7,9-11H2;(H,6,7)/t12-,13+,14?;/m0./s1. The highest BCUT2D eigenvalue weighted by Gasteiger charge is 2.41. The fraction of sp³-hybridized carbons (Fsp3) is 0.667. The highest BCUT2D eigenvalue weighted by atomic mass is 19.4. The van der Waals surface area contributed by atoms with Crippen molar-refractivity contribution < 1.29 is 32.6 Å². The quantitative estimate of drug-likeness (QED) is 0.782. The van der Waals surface area contributed by atoms with Gasteiger partial charge in [-0.2, -0.15) is 13.2 Å². The number of ether oxygens (including phenoxy) is 1. The molecule has 1 aromatic heterocycles. The summed E-state index contributed by atoms with van der Waals surface area (Å²) in [5, 5.41) is 7.12. The summed E-state index contributed by atoms with van der Waals surface area (Å²) in [6, 6.07) is 0. The van der Waals surface area contributed by atoms with Crippen LogP contribution in [0.3, 0.4) is 0 Å². The Balaban J connectivity index is 0.000000298. The molecule has 3 atom stereocenters. The van der Waals surface area contributed by atoms with Gasteiger partial charge in [0.25, 0.3) is 5.91 Å². The summed E-state index contributed by atoms with van der Waals surface area (Å²) >= 11 is 0. The molecule has 4 rings (SSSR count). The normalized spacial score (nSPS) is 26.5. The van der Waals surface area contributed by atoms with E-state index in [4.69, 9.17) is 14.6 Å². The van der Waals surface area contributed by atoms with Gasteiger partial charge in [-0.15, -0.1) is 0 Å². The number of carboxylic acid groups (broad SMARTS) is 1. The number of fused-ring (bicyclic) bond motifs is 1. The third-order valence-electron chi connectivity index (χ3n) is 5.43. The van der Waals surface area contributed by atoms with Crippen LogP contribution < -0.4 is 4.90 Å². The Morgan fingerprint density at radius 1 is 1.14 bits per heavy atom. The van der Waals surface area contributed by atoms with Crippen LogP contribution in [0.5, 0.6) is 0 Å². The van der Waals surface area contributed by atoms with E-state index in [9.17, 15) is 18.0 Å². The molecule has 0 bridgehead atoms. The zero-order valence-electron chi connectivity index (χ0n) is 15.7. The maximum atomic E-state index is 12.5. The lowest BCUT2D eigenvalue weighted by atomic mass is 9.89. The van der Waals surface area contributed by atoms with Gasteiger partial charge >= 0.3 is 12.1 Å². The highest BCUT2D eigenvalue weighted by Crippen LogP contribution is 2.33. The third kappa shape index (κ3) is 5.34. The van der Waals surface area contributed by atoms with Crippen molar-refractivity contribution in [2.24, 2.45) is 11.8 Å². The minimum Gasteiger partial charge on any atom is -0.475 e. The molecule has 8 nitrogen and oxygen atoms in total. The molecular weight excluding hydrogens is 393 g/mol. The molecule has 0 radical (unpaired) electrons. The average molecular weight is 416 g/mol. The van der Waals surface area contributed by atoms with E-state index in [1.54, 1.807) is 12.4 Å². The number of amides is 1. The van der Waals surface area contributed by atoms with Gasteiger partial charge in [-0.3, -0.25) is 9.78 Å². The van der Waals surface area contributed by atoms with Crippen LogP contribution in [0, 0.1) is 11.8 Å². The van der Waals surface area contributed by atoms with E-state index in [-0.39, 0.29) is 12.0 Å². The summed E-state index contributed by atoms with van der Waals surface area (Å²) < 4.78 is 37.3. The number of hydrogen-bond acceptors (Lipinski definition) is 6. The first kappa shape index (κ1) is 21.3. The number of rotatable bonds is 2. The third-order valence-corrected chi connectivity index (χ3v) is 5.43.